The van der Waals surface area contributed by atoms with Gasteiger partial charge in [0.15, 0.2) is 0 Å². The van der Waals surface area contributed by atoms with Gasteiger partial charge in [-0.25, -0.2) is 9.97 Å². The molecule has 160 valence electrons. The first-order valence-electron chi connectivity index (χ1n) is 9.88. The Morgan fingerprint density at radius 3 is 2.71 bits per heavy atom. The first-order valence-corrected chi connectivity index (χ1v) is 9.88. The Morgan fingerprint density at radius 2 is 2.00 bits per heavy atom. The molecular weight excluding hydrogens is 411 g/mol. The molecular formula is C21H18F3N5O2. The molecule has 7 nitrogen and oxygen atoms in total. The normalized spacial score (nSPS) is 23.4. The van der Waals surface area contributed by atoms with Gasteiger partial charge in [0, 0.05) is 24.8 Å². The van der Waals surface area contributed by atoms with E-state index in [0.717, 1.165) is 29.1 Å². The highest BCUT2D eigenvalue weighted by Crippen LogP contribution is 2.47. The number of hydrogen-bond donors (Lipinski definition) is 2. The maximum atomic E-state index is 12.7. The lowest BCUT2D eigenvalue weighted by Gasteiger charge is -2.17. The van der Waals surface area contributed by atoms with E-state index >= 15 is 0 Å². The molecule has 0 bridgehead atoms. The summed E-state index contributed by atoms with van der Waals surface area (Å²) in [5.41, 5.74) is 1.04. The van der Waals surface area contributed by atoms with Gasteiger partial charge in [0.05, 0.1) is 29.0 Å². The van der Waals surface area contributed by atoms with E-state index in [2.05, 4.69) is 20.3 Å². The van der Waals surface area contributed by atoms with Crippen molar-refractivity contribution < 1.29 is 22.8 Å². The summed E-state index contributed by atoms with van der Waals surface area (Å²) in [6.45, 7) is 0.194. The number of nitrogens with one attached hydrogen (secondary N) is 2. The quantitative estimate of drug-likeness (QED) is 0.667. The number of rotatable bonds is 4. The molecule has 1 saturated heterocycles. The summed E-state index contributed by atoms with van der Waals surface area (Å²) in [7, 11) is 0. The molecule has 1 unspecified atom stereocenters. The molecule has 2 N–H and O–H groups in total. The minimum atomic E-state index is -4.54. The largest absolute Gasteiger partial charge is 0.433 e. The van der Waals surface area contributed by atoms with Crippen LogP contribution in [0.4, 0.5) is 18.9 Å². The Morgan fingerprint density at radius 1 is 1.19 bits per heavy atom. The van der Waals surface area contributed by atoms with Crippen LogP contribution in [-0.4, -0.2) is 39.4 Å². The number of anilines is 1. The third kappa shape index (κ3) is 3.73. The number of aromatic nitrogens is 3. The third-order valence-electron chi connectivity index (χ3n) is 5.71. The van der Waals surface area contributed by atoms with Crippen molar-refractivity contribution in [3.05, 3.63) is 54.1 Å². The van der Waals surface area contributed by atoms with E-state index in [0.29, 0.717) is 6.42 Å². The molecule has 3 atom stereocenters. The Balaban J connectivity index is 1.20. The van der Waals surface area contributed by atoms with E-state index < -0.39 is 17.9 Å². The molecule has 3 heterocycles. The highest BCUT2D eigenvalue weighted by molar-refractivity contribution is 5.97. The second-order valence-corrected chi connectivity index (χ2v) is 7.90. The number of imidazole rings is 1. The number of amides is 2. The number of pyridine rings is 1. The van der Waals surface area contributed by atoms with Gasteiger partial charge in [0.2, 0.25) is 11.8 Å². The summed E-state index contributed by atoms with van der Waals surface area (Å²) < 4.78 is 38.0. The number of benzene rings is 1. The SMILES string of the molecule is O=C(NC1CC(=O)N(c2ccc(C(F)(F)F)nc2)C1)[C@H]1C[C@@H]1c1nc2ccccc2[nH]1. The van der Waals surface area contributed by atoms with Crippen molar-refractivity contribution >= 4 is 28.5 Å². The van der Waals surface area contributed by atoms with Gasteiger partial charge in [-0.3, -0.25) is 9.59 Å². The van der Waals surface area contributed by atoms with Gasteiger partial charge in [0.25, 0.3) is 0 Å². The number of alkyl halides is 3. The minimum absolute atomic E-state index is 0.0136. The number of halogens is 3. The smallest absolute Gasteiger partial charge is 0.351 e. The standard InChI is InChI=1S/C21H18F3N5O2/c22-21(23,24)17-6-5-12(9-25-17)29-10-11(7-18(29)30)26-20(31)14-8-13(14)19-27-15-3-1-2-4-16(15)28-19/h1-6,9,11,13-14H,7-8,10H2,(H,26,31)(H,27,28)/t11?,13-,14-/m0/s1. The second-order valence-electron chi connectivity index (χ2n) is 7.90. The zero-order valence-electron chi connectivity index (χ0n) is 16.2. The van der Waals surface area contributed by atoms with Crippen molar-refractivity contribution in [2.45, 2.75) is 31.0 Å². The van der Waals surface area contributed by atoms with Crippen LogP contribution in [-0.2, 0) is 15.8 Å². The molecule has 1 saturated carbocycles. The molecule has 3 aromatic rings. The second kappa shape index (κ2) is 7.07. The Labute approximate surface area is 174 Å². The van der Waals surface area contributed by atoms with Gasteiger partial charge < -0.3 is 15.2 Å². The Hall–Kier alpha value is -3.43. The fourth-order valence-electron chi connectivity index (χ4n) is 4.01. The number of H-pyrrole nitrogens is 1. The van der Waals surface area contributed by atoms with Crippen LogP contribution in [0.5, 0.6) is 0 Å². The zero-order chi connectivity index (χ0) is 21.8. The molecule has 0 radical (unpaired) electrons. The number of fused-ring (bicyclic) bond motifs is 1. The monoisotopic (exact) mass is 429 g/mol. The molecule has 2 aliphatic rings. The summed E-state index contributed by atoms with van der Waals surface area (Å²) in [6, 6.07) is 9.31. The summed E-state index contributed by atoms with van der Waals surface area (Å²) >= 11 is 0. The van der Waals surface area contributed by atoms with Crippen molar-refractivity contribution in [1.82, 2.24) is 20.3 Å². The topological polar surface area (TPSA) is 91.0 Å². The predicted molar refractivity (Wildman–Crippen MR) is 105 cm³/mol. The number of aromatic amines is 1. The lowest BCUT2D eigenvalue weighted by atomic mass is 10.2. The van der Waals surface area contributed by atoms with E-state index in [9.17, 15) is 22.8 Å². The predicted octanol–water partition coefficient (Wildman–Crippen LogP) is 3.00. The molecule has 1 aliphatic heterocycles. The lowest BCUT2D eigenvalue weighted by Crippen LogP contribution is -2.38. The summed E-state index contributed by atoms with van der Waals surface area (Å²) in [5.74, 6) is 0.172. The fourth-order valence-corrected chi connectivity index (χ4v) is 4.01. The Kier molecular flexibility index (Phi) is 4.45. The van der Waals surface area contributed by atoms with Crippen LogP contribution in [0, 0.1) is 5.92 Å². The molecule has 5 rings (SSSR count). The molecule has 2 aromatic heterocycles. The van der Waals surface area contributed by atoms with E-state index in [4.69, 9.17) is 0 Å². The average Bonchev–Trinajstić information content (AvgIpc) is 3.29. The maximum absolute atomic E-state index is 12.7. The van der Waals surface area contributed by atoms with Crippen LogP contribution in [0.2, 0.25) is 0 Å². The van der Waals surface area contributed by atoms with Crippen molar-refractivity contribution in [1.29, 1.82) is 0 Å². The van der Waals surface area contributed by atoms with E-state index in [1.54, 1.807) is 0 Å². The van der Waals surface area contributed by atoms with Gasteiger partial charge in [-0.15, -0.1) is 0 Å². The number of carbonyl (C=O) groups excluding carboxylic acids is 2. The van der Waals surface area contributed by atoms with Gasteiger partial charge in [-0.05, 0) is 30.7 Å². The summed E-state index contributed by atoms with van der Waals surface area (Å²) in [6.07, 6.45) is -2.73. The number of nitrogens with zero attached hydrogens (tertiary/aromatic N) is 3. The first-order chi connectivity index (χ1) is 14.8. The van der Waals surface area contributed by atoms with Crippen LogP contribution in [0.3, 0.4) is 0 Å². The molecule has 2 amide bonds. The summed E-state index contributed by atoms with van der Waals surface area (Å²) in [5, 5.41) is 2.90. The molecule has 31 heavy (non-hydrogen) atoms. The van der Waals surface area contributed by atoms with Crippen molar-refractivity contribution in [2.24, 2.45) is 5.92 Å². The van der Waals surface area contributed by atoms with Crippen LogP contribution >= 0.6 is 0 Å². The van der Waals surface area contributed by atoms with Crippen molar-refractivity contribution in [3.8, 4) is 0 Å². The van der Waals surface area contributed by atoms with Crippen LogP contribution in [0.1, 0.15) is 30.3 Å². The maximum Gasteiger partial charge on any atom is 0.433 e. The molecule has 10 heteroatoms. The summed E-state index contributed by atoms with van der Waals surface area (Å²) in [4.78, 5) is 37.5. The molecule has 1 aliphatic carbocycles. The minimum Gasteiger partial charge on any atom is -0.351 e. The average molecular weight is 429 g/mol. The van der Waals surface area contributed by atoms with E-state index in [-0.39, 0.29) is 42.3 Å². The van der Waals surface area contributed by atoms with E-state index in [1.165, 1.54) is 11.0 Å². The van der Waals surface area contributed by atoms with Crippen molar-refractivity contribution in [2.75, 3.05) is 11.4 Å². The van der Waals surface area contributed by atoms with Gasteiger partial charge in [0.1, 0.15) is 11.5 Å². The van der Waals surface area contributed by atoms with Crippen LogP contribution < -0.4 is 10.2 Å². The Bertz CT molecular complexity index is 1120. The highest BCUT2D eigenvalue weighted by Gasteiger charge is 2.47. The highest BCUT2D eigenvalue weighted by atomic mass is 19.4. The molecule has 0 spiro atoms. The molecule has 1 aromatic carbocycles. The van der Waals surface area contributed by atoms with Crippen molar-refractivity contribution in [3.63, 3.8) is 0 Å². The van der Waals surface area contributed by atoms with Gasteiger partial charge in [-0.2, -0.15) is 13.2 Å². The number of para-hydroxylation sites is 2. The lowest BCUT2D eigenvalue weighted by molar-refractivity contribution is -0.141. The van der Waals surface area contributed by atoms with Gasteiger partial charge in [-0.1, -0.05) is 12.1 Å². The fraction of sp³-hybridized carbons (Fsp3) is 0.333. The number of hydrogen-bond acceptors (Lipinski definition) is 4. The van der Waals surface area contributed by atoms with E-state index in [1.807, 2.05) is 24.3 Å². The first kappa shape index (κ1) is 19.5. The third-order valence-corrected chi connectivity index (χ3v) is 5.71. The zero-order valence-corrected chi connectivity index (χ0v) is 16.2. The van der Waals surface area contributed by atoms with Crippen LogP contribution in [0.25, 0.3) is 11.0 Å². The molecule has 2 fully saturated rings. The number of carbonyl (C=O) groups is 2. The van der Waals surface area contributed by atoms with Crippen LogP contribution in [0.15, 0.2) is 42.6 Å². The van der Waals surface area contributed by atoms with Gasteiger partial charge >= 0.3 is 6.18 Å².